The molecule has 0 amide bonds. The summed E-state index contributed by atoms with van der Waals surface area (Å²) in [5.41, 5.74) is 0. The van der Waals surface area contributed by atoms with Crippen molar-refractivity contribution in [1.29, 1.82) is 0 Å². The Labute approximate surface area is 373 Å². The molecule has 0 heterocycles. The summed E-state index contributed by atoms with van der Waals surface area (Å²) >= 11 is 0. The van der Waals surface area contributed by atoms with Gasteiger partial charge in [0.25, 0.3) is 0 Å². The van der Waals surface area contributed by atoms with E-state index < -0.39 is 13.9 Å². The average Bonchev–Trinajstić information content (AvgIpc) is 3.22. The molecule has 2 unspecified atom stereocenters. The highest BCUT2D eigenvalue weighted by atomic mass is 31.2. The van der Waals surface area contributed by atoms with Gasteiger partial charge in [-0.3, -0.25) is 13.8 Å². The molecule has 61 heavy (non-hydrogen) atoms. The molecule has 8 nitrogen and oxygen atoms in total. The van der Waals surface area contributed by atoms with E-state index in [0.29, 0.717) is 24.1 Å². The van der Waals surface area contributed by atoms with Crippen LogP contribution in [0.3, 0.4) is 0 Å². The molecule has 0 bridgehead atoms. The van der Waals surface area contributed by atoms with Crippen molar-refractivity contribution < 1.29 is 37.3 Å². The van der Waals surface area contributed by atoms with E-state index in [9.17, 15) is 14.3 Å². The van der Waals surface area contributed by atoms with Crippen molar-refractivity contribution in [1.82, 2.24) is 0 Å². The van der Waals surface area contributed by atoms with Crippen LogP contribution in [0.4, 0.5) is 0 Å². The van der Waals surface area contributed by atoms with E-state index in [1.54, 1.807) is 0 Å². The first-order valence-corrected chi connectivity index (χ1v) is 24.4. The number of nitrogens with zero attached hydrogens (tertiary/aromatic N) is 1. The van der Waals surface area contributed by atoms with Gasteiger partial charge in [0.2, 0.25) is 0 Å². The first kappa shape index (κ1) is 57.6. The maximum absolute atomic E-state index is 12.7. The Balaban J connectivity index is 4.42. The third-order valence-corrected chi connectivity index (χ3v) is 9.69. The van der Waals surface area contributed by atoms with E-state index in [1.807, 2.05) is 21.1 Å². The SMILES string of the molecule is CC/C=C\C/C=C\C/C=C\C/C=C\C/C=C\C/C=C\CCCCCOCC(COP(=O)(O)OCC[N+](C)(C)C)OC(=O)CCC/C=C\C/C=C\C/C=C\C/C=C\C/C=C\CC. The van der Waals surface area contributed by atoms with Gasteiger partial charge in [-0.1, -0.05) is 154 Å². The van der Waals surface area contributed by atoms with Crippen LogP contribution in [0, 0.1) is 0 Å². The standard InChI is InChI=1S/C52H84NO7P/c1-6-8-10-12-14-16-18-20-22-24-25-26-27-28-30-32-34-36-38-40-42-44-47-57-49-51(50-59-61(55,56)58-48-46-53(3,4)5)60-52(54)45-43-41-39-37-35-33-31-29-23-21-19-17-15-13-11-9-7-2/h8-11,14-17,20-23,25-26,28,30-31,33-34,36-37,39,51H,6-7,12-13,18-19,24,27,29,32,35,38,40-50H2,1-5H3/p+1/b10-8-,11-9-,16-14-,17-15-,22-20-,23-21-,26-25-,30-28-,33-31-,36-34-,39-37-. The van der Waals surface area contributed by atoms with Crippen molar-refractivity contribution in [2.24, 2.45) is 0 Å². The number of hydrogen-bond donors (Lipinski definition) is 1. The van der Waals surface area contributed by atoms with Gasteiger partial charge in [0.1, 0.15) is 19.3 Å². The number of likely N-dealkylation sites (N-methyl/N-ethyl adjacent to an activating group) is 1. The van der Waals surface area contributed by atoms with Gasteiger partial charge >= 0.3 is 13.8 Å². The van der Waals surface area contributed by atoms with Gasteiger partial charge in [0.15, 0.2) is 0 Å². The lowest BCUT2D eigenvalue weighted by atomic mass is 10.2. The highest BCUT2D eigenvalue weighted by molar-refractivity contribution is 7.47. The molecule has 0 saturated heterocycles. The van der Waals surface area contributed by atoms with Gasteiger partial charge in [-0.25, -0.2) is 4.57 Å². The Kier molecular flexibility index (Phi) is 40.9. The van der Waals surface area contributed by atoms with Gasteiger partial charge in [-0.2, -0.15) is 0 Å². The van der Waals surface area contributed by atoms with Crippen LogP contribution < -0.4 is 0 Å². The van der Waals surface area contributed by atoms with E-state index >= 15 is 0 Å². The average molecular weight is 867 g/mol. The zero-order valence-corrected chi connectivity index (χ0v) is 39.7. The Hall–Kier alpha value is -3.36. The summed E-state index contributed by atoms with van der Waals surface area (Å²) < 4.78 is 34.9. The molecule has 0 aliphatic carbocycles. The first-order valence-electron chi connectivity index (χ1n) is 22.9. The van der Waals surface area contributed by atoms with Gasteiger partial charge < -0.3 is 18.9 Å². The number of phosphoric ester groups is 1. The summed E-state index contributed by atoms with van der Waals surface area (Å²) in [5.74, 6) is -0.389. The molecule has 0 aromatic carbocycles. The third kappa shape index (κ3) is 47.5. The number of carbonyl (C=O) groups excluding carboxylic acids is 1. The minimum absolute atomic E-state index is 0.0621. The molecular formula is C52H85NO7P+. The summed E-state index contributed by atoms with van der Waals surface area (Å²) in [4.78, 5) is 22.9. The second-order valence-corrected chi connectivity index (χ2v) is 17.1. The number of allylic oxidation sites excluding steroid dienone is 22. The minimum atomic E-state index is -4.31. The second kappa shape index (κ2) is 43.3. The van der Waals surface area contributed by atoms with Gasteiger partial charge in [0, 0.05) is 13.0 Å². The third-order valence-electron chi connectivity index (χ3n) is 8.71. The summed E-state index contributed by atoms with van der Waals surface area (Å²) in [5, 5.41) is 0. The van der Waals surface area contributed by atoms with Gasteiger partial charge in [-0.15, -0.1) is 0 Å². The molecule has 0 aromatic heterocycles. The highest BCUT2D eigenvalue weighted by Crippen LogP contribution is 2.43. The number of unbranched alkanes of at least 4 members (excludes halogenated alkanes) is 4. The van der Waals surface area contributed by atoms with E-state index in [2.05, 4.69) is 148 Å². The lowest BCUT2D eigenvalue weighted by Gasteiger charge is -2.24. The van der Waals surface area contributed by atoms with Gasteiger partial charge in [0.05, 0.1) is 34.4 Å². The van der Waals surface area contributed by atoms with E-state index in [0.717, 1.165) is 103 Å². The monoisotopic (exact) mass is 867 g/mol. The van der Waals surface area contributed by atoms with Crippen LogP contribution in [-0.2, 0) is 27.9 Å². The molecule has 0 radical (unpaired) electrons. The van der Waals surface area contributed by atoms with Crippen molar-refractivity contribution in [3.05, 3.63) is 134 Å². The summed E-state index contributed by atoms with van der Waals surface area (Å²) in [6, 6.07) is 0. The lowest BCUT2D eigenvalue weighted by molar-refractivity contribution is -0.870. The number of esters is 1. The van der Waals surface area contributed by atoms with Crippen molar-refractivity contribution in [2.75, 3.05) is 54.1 Å². The molecule has 0 aliphatic heterocycles. The molecule has 2 atom stereocenters. The van der Waals surface area contributed by atoms with Crippen molar-refractivity contribution in [3.63, 3.8) is 0 Å². The normalized spacial score (nSPS) is 14.9. The van der Waals surface area contributed by atoms with E-state index in [-0.39, 0.29) is 32.2 Å². The molecule has 0 spiro atoms. The first-order chi connectivity index (χ1) is 29.6. The predicted octanol–water partition coefficient (Wildman–Crippen LogP) is 13.9. The quantitative estimate of drug-likeness (QED) is 0.0216. The molecule has 344 valence electrons. The number of hydrogen-bond acceptors (Lipinski definition) is 6. The van der Waals surface area contributed by atoms with Crippen molar-refractivity contribution >= 4 is 13.8 Å². The van der Waals surface area contributed by atoms with E-state index in [1.165, 1.54) is 0 Å². The predicted molar refractivity (Wildman–Crippen MR) is 260 cm³/mol. The maximum Gasteiger partial charge on any atom is 0.472 e. The molecule has 1 N–H and O–H groups in total. The Bertz CT molecular complexity index is 1420. The summed E-state index contributed by atoms with van der Waals surface area (Å²) in [7, 11) is 1.58. The van der Waals surface area contributed by atoms with Crippen LogP contribution in [0.1, 0.15) is 129 Å². The fourth-order valence-electron chi connectivity index (χ4n) is 5.24. The molecule has 0 aromatic rings. The minimum Gasteiger partial charge on any atom is -0.457 e. The van der Waals surface area contributed by atoms with Crippen LogP contribution in [-0.4, -0.2) is 75.6 Å². The van der Waals surface area contributed by atoms with Crippen molar-refractivity contribution in [2.45, 2.75) is 136 Å². The summed E-state index contributed by atoms with van der Waals surface area (Å²) in [6.45, 7) is 5.18. The number of rotatable bonds is 40. The largest absolute Gasteiger partial charge is 0.472 e. The topological polar surface area (TPSA) is 91.3 Å². The van der Waals surface area contributed by atoms with Crippen molar-refractivity contribution in [3.8, 4) is 0 Å². The molecule has 0 saturated carbocycles. The Morgan fingerprint density at radius 2 is 0.902 bits per heavy atom. The Morgan fingerprint density at radius 1 is 0.508 bits per heavy atom. The Morgan fingerprint density at radius 3 is 1.31 bits per heavy atom. The lowest BCUT2D eigenvalue weighted by Crippen LogP contribution is -2.37. The molecular weight excluding hydrogens is 782 g/mol. The fraction of sp³-hybridized carbons (Fsp3) is 0.558. The summed E-state index contributed by atoms with van der Waals surface area (Å²) in [6.07, 6.45) is 63.6. The number of phosphoric acid groups is 1. The molecule has 0 fully saturated rings. The maximum atomic E-state index is 12.7. The fourth-order valence-corrected chi connectivity index (χ4v) is 5.98. The van der Waals surface area contributed by atoms with Crippen LogP contribution in [0.2, 0.25) is 0 Å². The zero-order chi connectivity index (χ0) is 44.8. The number of carbonyl (C=O) groups is 1. The van der Waals surface area contributed by atoms with Crippen LogP contribution in [0.5, 0.6) is 0 Å². The zero-order valence-electron chi connectivity index (χ0n) is 38.8. The van der Waals surface area contributed by atoms with Crippen LogP contribution in [0.15, 0.2) is 134 Å². The number of quaternary nitrogens is 1. The van der Waals surface area contributed by atoms with Gasteiger partial charge in [-0.05, 0) is 103 Å². The van der Waals surface area contributed by atoms with Crippen LogP contribution in [0.25, 0.3) is 0 Å². The number of ether oxygens (including phenoxy) is 2. The second-order valence-electron chi connectivity index (χ2n) is 15.7. The highest BCUT2D eigenvalue weighted by Gasteiger charge is 2.26. The van der Waals surface area contributed by atoms with Crippen LogP contribution >= 0.6 is 7.82 Å². The molecule has 0 aliphatic rings. The van der Waals surface area contributed by atoms with E-state index in [4.69, 9.17) is 18.5 Å². The smallest absolute Gasteiger partial charge is 0.457 e. The molecule has 0 rings (SSSR count). The molecule has 9 heteroatoms.